The zero-order valence-electron chi connectivity index (χ0n) is 5.83. The summed E-state index contributed by atoms with van der Waals surface area (Å²) in [4.78, 5) is 0. The van der Waals surface area contributed by atoms with Crippen molar-refractivity contribution in [3.63, 3.8) is 0 Å². The van der Waals surface area contributed by atoms with Crippen LogP contribution in [0.3, 0.4) is 0 Å². The van der Waals surface area contributed by atoms with Crippen molar-refractivity contribution in [1.29, 1.82) is 0 Å². The molecule has 0 aliphatic carbocycles. The van der Waals surface area contributed by atoms with Gasteiger partial charge < -0.3 is 6.92 Å². The molecule has 0 saturated heterocycles. The van der Waals surface area contributed by atoms with Crippen molar-refractivity contribution < 1.29 is 59.1 Å². The van der Waals surface area contributed by atoms with Gasteiger partial charge in [0.15, 0.2) is 0 Å². The van der Waals surface area contributed by atoms with Crippen LogP contribution < -0.4 is 59.1 Å². The Morgan fingerprint density at radius 1 is 1.29 bits per heavy atom. The first-order valence-electron chi connectivity index (χ1n) is 2.21. The zero-order chi connectivity index (χ0) is 4.12. The quantitative estimate of drug-likeness (QED) is 0.255. The van der Waals surface area contributed by atoms with Gasteiger partial charge in [-0.05, 0) is 0 Å². The Hall–Kier alpha value is 2.00. The summed E-state index contributed by atoms with van der Waals surface area (Å²) in [7, 11) is 0. The van der Waals surface area contributed by atoms with Gasteiger partial charge in [0.05, 0.1) is 0 Å². The second kappa shape index (κ2) is 15.7. The van der Waals surface area contributed by atoms with Crippen LogP contribution in [0.4, 0.5) is 0 Å². The number of unbranched alkanes of at least 4 members (excludes halogenated alkanes) is 2. The number of hydrogen-bond acceptors (Lipinski definition) is 0. The predicted molar refractivity (Wildman–Crippen MR) is 24.9 cm³/mol. The third kappa shape index (κ3) is 18.0. The Morgan fingerprint density at radius 2 is 1.71 bits per heavy atom. The summed E-state index contributed by atoms with van der Waals surface area (Å²) in [6, 6.07) is 0. The van der Waals surface area contributed by atoms with Gasteiger partial charge in [0, 0.05) is 0 Å². The Kier molecular flexibility index (Phi) is 35.8. The van der Waals surface area contributed by atoms with E-state index >= 15 is 0 Å². The van der Waals surface area contributed by atoms with Crippen molar-refractivity contribution >= 4 is 0 Å². The molecule has 0 amide bonds. The van der Waals surface area contributed by atoms with E-state index in [1.807, 2.05) is 0 Å². The van der Waals surface area contributed by atoms with Crippen LogP contribution in [0.25, 0.3) is 0 Å². The molecule has 0 aliphatic heterocycles. The van der Waals surface area contributed by atoms with Gasteiger partial charge in [0.1, 0.15) is 0 Å². The summed E-state index contributed by atoms with van der Waals surface area (Å²) < 4.78 is 0. The molecule has 2 heteroatoms. The van der Waals surface area contributed by atoms with Gasteiger partial charge in [0.25, 0.3) is 0 Å². The third-order valence-corrected chi connectivity index (χ3v) is 0.604. The van der Waals surface area contributed by atoms with E-state index in [2.05, 4.69) is 13.8 Å². The van der Waals surface area contributed by atoms with E-state index in [0.29, 0.717) is 0 Å². The SMILES string of the molecule is [CH2-]CCCC.[Na+].[Na+]. The van der Waals surface area contributed by atoms with Gasteiger partial charge in [-0.1, -0.05) is 19.8 Å². The molecule has 32 valence electrons. The van der Waals surface area contributed by atoms with Crippen LogP contribution in [-0.4, -0.2) is 0 Å². The molecule has 0 bridgehead atoms. The molecule has 0 heterocycles. The average molecular weight is 117 g/mol. The van der Waals surface area contributed by atoms with E-state index in [0.717, 1.165) is 6.42 Å². The standard InChI is InChI=1S/C5H11.2Na/c1-3-5-4-2;;/h1,3-5H2,2H3;;/q-1;2*+1. The Morgan fingerprint density at radius 3 is 1.71 bits per heavy atom. The number of rotatable bonds is 2. The summed E-state index contributed by atoms with van der Waals surface area (Å²) in [5, 5.41) is 0. The molecule has 0 radical (unpaired) electrons. The molecule has 7 heavy (non-hydrogen) atoms. The minimum absolute atomic E-state index is 0. The summed E-state index contributed by atoms with van der Waals surface area (Å²) in [6.45, 7) is 5.85. The smallest absolute Gasteiger partial charge is 0.343 e. The second-order valence-corrected chi connectivity index (χ2v) is 1.21. The largest absolute Gasteiger partial charge is 1.00 e. The van der Waals surface area contributed by atoms with Crippen molar-refractivity contribution in [3.05, 3.63) is 6.92 Å². The molecular formula is C5H11Na2+. The molecule has 0 rings (SSSR count). The third-order valence-electron chi connectivity index (χ3n) is 0.604. The minimum Gasteiger partial charge on any atom is -0.343 e. The summed E-state index contributed by atoms with van der Waals surface area (Å²) in [6.07, 6.45) is 3.65. The van der Waals surface area contributed by atoms with Crippen molar-refractivity contribution in [3.8, 4) is 0 Å². The predicted octanol–water partition coefficient (Wildman–Crippen LogP) is -3.98. The molecule has 0 aromatic heterocycles. The van der Waals surface area contributed by atoms with Gasteiger partial charge in [-0.2, -0.15) is 6.42 Å². The van der Waals surface area contributed by atoms with Crippen molar-refractivity contribution in [2.24, 2.45) is 0 Å². The minimum atomic E-state index is 0. The maximum absolute atomic E-state index is 3.68. The summed E-state index contributed by atoms with van der Waals surface area (Å²) in [5.41, 5.74) is 0. The van der Waals surface area contributed by atoms with Crippen molar-refractivity contribution in [2.75, 3.05) is 0 Å². The van der Waals surface area contributed by atoms with Crippen LogP contribution in [0, 0.1) is 6.92 Å². The van der Waals surface area contributed by atoms with Crippen LogP contribution in [-0.2, 0) is 0 Å². The normalized spacial score (nSPS) is 6.00. The molecule has 0 atom stereocenters. The van der Waals surface area contributed by atoms with Gasteiger partial charge in [0.2, 0.25) is 0 Å². The first-order valence-corrected chi connectivity index (χ1v) is 2.21. The maximum atomic E-state index is 3.68. The van der Waals surface area contributed by atoms with E-state index in [9.17, 15) is 0 Å². The topological polar surface area (TPSA) is 0 Å². The van der Waals surface area contributed by atoms with E-state index in [1.54, 1.807) is 0 Å². The molecule has 0 spiro atoms. The van der Waals surface area contributed by atoms with E-state index in [4.69, 9.17) is 0 Å². The molecule has 0 nitrogen and oxygen atoms in total. The Bertz CT molecular complexity index is 13.6. The van der Waals surface area contributed by atoms with E-state index in [-0.39, 0.29) is 59.1 Å². The molecule has 0 aromatic rings. The fourth-order valence-corrected chi connectivity index (χ4v) is 0.250. The van der Waals surface area contributed by atoms with E-state index in [1.165, 1.54) is 12.8 Å². The number of hydrogen-bond donors (Lipinski definition) is 0. The van der Waals surface area contributed by atoms with Crippen molar-refractivity contribution in [1.82, 2.24) is 0 Å². The Balaban J connectivity index is -0.0000000800. The maximum Gasteiger partial charge on any atom is 1.00 e. The zero-order valence-corrected chi connectivity index (χ0v) is 9.83. The fourth-order valence-electron chi connectivity index (χ4n) is 0.250. The molecule has 0 aromatic carbocycles. The first-order chi connectivity index (χ1) is 2.41. The van der Waals surface area contributed by atoms with Gasteiger partial charge in [-0.25, -0.2) is 0 Å². The first kappa shape index (κ1) is 16.0. The van der Waals surface area contributed by atoms with Crippen molar-refractivity contribution in [2.45, 2.75) is 26.2 Å². The summed E-state index contributed by atoms with van der Waals surface area (Å²) in [5.74, 6) is 0. The molecule has 0 aliphatic rings. The molecule has 0 unspecified atom stereocenters. The molecule has 0 fully saturated rings. The van der Waals surface area contributed by atoms with Crippen LogP contribution in [0.1, 0.15) is 26.2 Å². The van der Waals surface area contributed by atoms with Crippen LogP contribution >= 0.6 is 0 Å². The van der Waals surface area contributed by atoms with Gasteiger partial charge in [-0.15, -0.1) is 0 Å². The van der Waals surface area contributed by atoms with Crippen LogP contribution in [0.5, 0.6) is 0 Å². The average Bonchev–Trinajstić information content (AvgIpc) is 1.41. The van der Waals surface area contributed by atoms with E-state index < -0.39 is 0 Å². The van der Waals surface area contributed by atoms with Crippen LogP contribution in [0.2, 0.25) is 0 Å². The molecule has 0 saturated carbocycles. The molecular weight excluding hydrogens is 106 g/mol. The Labute approximate surface area is 91.0 Å². The molecule has 0 N–H and O–H groups in total. The van der Waals surface area contributed by atoms with Crippen LogP contribution in [0.15, 0.2) is 0 Å². The van der Waals surface area contributed by atoms with Gasteiger partial charge >= 0.3 is 59.1 Å². The fraction of sp³-hybridized carbons (Fsp3) is 0.800. The monoisotopic (exact) mass is 117 g/mol. The second-order valence-electron chi connectivity index (χ2n) is 1.21. The summed E-state index contributed by atoms with van der Waals surface area (Å²) >= 11 is 0. The van der Waals surface area contributed by atoms with Gasteiger partial charge in [-0.3, -0.25) is 0 Å².